The Bertz CT molecular complexity index is 528. The second-order valence-corrected chi connectivity index (χ2v) is 6.31. The number of piperidine rings is 1. The average molecular weight is 349 g/mol. The molecule has 0 saturated carbocycles. The van der Waals surface area contributed by atoms with Gasteiger partial charge in [-0.3, -0.25) is 9.69 Å². The van der Waals surface area contributed by atoms with E-state index >= 15 is 0 Å². The first kappa shape index (κ1) is 18.1. The van der Waals surface area contributed by atoms with Crippen LogP contribution < -0.4 is 5.32 Å². The van der Waals surface area contributed by atoms with E-state index < -0.39 is 12.7 Å². The zero-order chi connectivity index (χ0) is 16.9. The van der Waals surface area contributed by atoms with Crippen LogP contribution in [0, 0.1) is 5.92 Å². The molecule has 1 aliphatic heterocycles. The van der Waals surface area contributed by atoms with Gasteiger partial charge in [-0.2, -0.15) is 13.2 Å². The number of halogens is 4. The van der Waals surface area contributed by atoms with E-state index in [0.717, 1.165) is 5.56 Å². The quantitative estimate of drug-likeness (QED) is 0.885. The van der Waals surface area contributed by atoms with Crippen molar-refractivity contribution in [2.24, 2.45) is 5.92 Å². The highest BCUT2D eigenvalue weighted by Gasteiger charge is 2.32. The normalized spacial score (nSPS) is 17.2. The molecular formula is C16H20ClF3N2O. The number of hydrogen-bond acceptors (Lipinski definition) is 2. The van der Waals surface area contributed by atoms with Crippen LogP contribution in [0.15, 0.2) is 24.3 Å². The van der Waals surface area contributed by atoms with Crippen LogP contribution in [-0.2, 0) is 11.2 Å². The molecule has 3 nitrogen and oxygen atoms in total. The van der Waals surface area contributed by atoms with E-state index in [4.69, 9.17) is 11.6 Å². The number of benzene rings is 1. The van der Waals surface area contributed by atoms with Gasteiger partial charge in [0.2, 0.25) is 5.91 Å². The van der Waals surface area contributed by atoms with Gasteiger partial charge in [0.15, 0.2) is 0 Å². The second kappa shape index (κ2) is 8.02. The summed E-state index contributed by atoms with van der Waals surface area (Å²) in [6.45, 7) is 0.497. The predicted molar refractivity (Wildman–Crippen MR) is 83.4 cm³/mol. The molecule has 1 aromatic rings. The molecule has 0 atom stereocenters. The minimum absolute atomic E-state index is 0.115. The number of rotatable bonds is 5. The molecule has 1 aromatic carbocycles. The third-order valence-corrected chi connectivity index (χ3v) is 4.38. The fourth-order valence-electron chi connectivity index (χ4n) is 2.74. The molecule has 1 N–H and O–H groups in total. The first-order valence-electron chi connectivity index (χ1n) is 7.63. The van der Waals surface area contributed by atoms with Crippen molar-refractivity contribution in [2.45, 2.75) is 25.4 Å². The molecule has 0 aromatic heterocycles. The van der Waals surface area contributed by atoms with Crippen molar-refractivity contribution in [3.05, 3.63) is 34.9 Å². The van der Waals surface area contributed by atoms with Crippen LogP contribution in [0.4, 0.5) is 13.2 Å². The number of carbonyl (C=O) groups is 1. The summed E-state index contributed by atoms with van der Waals surface area (Å²) >= 11 is 6.01. The molecule has 23 heavy (non-hydrogen) atoms. The minimum Gasteiger partial charge on any atom is -0.356 e. The average Bonchev–Trinajstić information content (AvgIpc) is 2.47. The van der Waals surface area contributed by atoms with Crippen molar-refractivity contribution in [1.82, 2.24) is 10.2 Å². The topological polar surface area (TPSA) is 32.3 Å². The molecule has 0 spiro atoms. The zero-order valence-corrected chi connectivity index (χ0v) is 13.5. The van der Waals surface area contributed by atoms with Crippen LogP contribution in [0.2, 0.25) is 5.02 Å². The Labute approximate surface area is 138 Å². The van der Waals surface area contributed by atoms with Crippen LogP contribution in [0.1, 0.15) is 18.4 Å². The highest BCUT2D eigenvalue weighted by molar-refractivity contribution is 6.31. The first-order valence-corrected chi connectivity index (χ1v) is 8.00. The molecule has 1 heterocycles. The van der Waals surface area contributed by atoms with Gasteiger partial charge < -0.3 is 5.32 Å². The van der Waals surface area contributed by atoms with Crippen molar-refractivity contribution in [3.8, 4) is 0 Å². The molecule has 1 saturated heterocycles. The van der Waals surface area contributed by atoms with Crippen LogP contribution in [0.25, 0.3) is 0 Å². The van der Waals surface area contributed by atoms with E-state index in [0.29, 0.717) is 37.5 Å². The van der Waals surface area contributed by atoms with Gasteiger partial charge in [-0.25, -0.2) is 0 Å². The zero-order valence-electron chi connectivity index (χ0n) is 12.7. The Morgan fingerprint density at radius 2 is 1.91 bits per heavy atom. The molecule has 0 radical (unpaired) electrons. The summed E-state index contributed by atoms with van der Waals surface area (Å²) in [5, 5.41) is 3.41. The smallest absolute Gasteiger partial charge is 0.356 e. The van der Waals surface area contributed by atoms with Crippen molar-refractivity contribution in [3.63, 3.8) is 0 Å². The van der Waals surface area contributed by atoms with Crippen molar-refractivity contribution >= 4 is 17.5 Å². The summed E-state index contributed by atoms with van der Waals surface area (Å²) < 4.78 is 37.0. The van der Waals surface area contributed by atoms with Gasteiger partial charge in [-0.1, -0.05) is 29.8 Å². The fraction of sp³-hybridized carbons (Fsp3) is 0.562. The van der Waals surface area contributed by atoms with Crippen LogP contribution >= 0.6 is 11.6 Å². The maximum Gasteiger partial charge on any atom is 0.401 e. The number of likely N-dealkylation sites (tertiary alicyclic amines) is 1. The van der Waals surface area contributed by atoms with Crippen molar-refractivity contribution in [2.75, 3.05) is 26.2 Å². The van der Waals surface area contributed by atoms with Crippen molar-refractivity contribution in [1.29, 1.82) is 0 Å². The van der Waals surface area contributed by atoms with Gasteiger partial charge in [0, 0.05) is 11.6 Å². The molecule has 1 fully saturated rings. The van der Waals surface area contributed by atoms with Gasteiger partial charge in [-0.15, -0.1) is 0 Å². The Morgan fingerprint density at radius 3 is 2.52 bits per heavy atom. The van der Waals surface area contributed by atoms with Gasteiger partial charge in [0.25, 0.3) is 0 Å². The molecular weight excluding hydrogens is 329 g/mol. The molecule has 0 unspecified atom stereocenters. The number of carbonyl (C=O) groups excluding carboxylic acids is 1. The number of hydrogen-bond donors (Lipinski definition) is 1. The molecule has 7 heteroatoms. The van der Waals surface area contributed by atoms with Crippen LogP contribution in [0.5, 0.6) is 0 Å². The van der Waals surface area contributed by atoms with Gasteiger partial charge in [-0.05, 0) is 43.5 Å². The molecule has 0 bridgehead atoms. The lowest BCUT2D eigenvalue weighted by atomic mass is 9.96. The maximum atomic E-state index is 12.3. The van der Waals surface area contributed by atoms with Gasteiger partial charge >= 0.3 is 6.18 Å². The number of nitrogens with zero attached hydrogens (tertiary/aromatic N) is 1. The Hall–Kier alpha value is -1.27. The SMILES string of the molecule is O=C(Cc1ccccc1Cl)NCC1CCN(CC(F)(F)F)CC1. The summed E-state index contributed by atoms with van der Waals surface area (Å²) in [5.74, 6) is 0.116. The monoisotopic (exact) mass is 348 g/mol. The molecule has 1 amide bonds. The van der Waals surface area contributed by atoms with E-state index in [-0.39, 0.29) is 18.2 Å². The highest BCUT2D eigenvalue weighted by Crippen LogP contribution is 2.22. The standard InChI is InChI=1S/C16H20ClF3N2O/c17-14-4-2-1-3-13(14)9-15(23)21-10-12-5-7-22(8-6-12)11-16(18,19)20/h1-4,12H,5-11H2,(H,21,23). The molecule has 0 aliphatic carbocycles. The lowest BCUT2D eigenvalue weighted by Gasteiger charge is -2.32. The first-order chi connectivity index (χ1) is 10.8. The minimum atomic E-state index is -4.14. The van der Waals surface area contributed by atoms with E-state index in [9.17, 15) is 18.0 Å². The third kappa shape index (κ3) is 6.39. The van der Waals surface area contributed by atoms with E-state index in [1.807, 2.05) is 6.07 Å². The van der Waals surface area contributed by atoms with Crippen LogP contribution in [0.3, 0.4) is 0 Å². The number of amides is 1. The predicted octanol–water partition coefficient (Wildman–Crippen LogP) is 3.27. The highest BCUT2D eigenvalue weighted by atomic mass is 35.5. The second-order valence-electron chi connectivity index (χ2n) is 5.91. The Balaban J connectivity index is 1.69. The maximum absolute atomic E-state index is 12.3. The Morgan fingerprint density at radius 1 is 1.26 bits per heavy atom. The lowest BCUT2D eigenvalue weighted by molar-refractivity contribution is -0.148. The largest absolute Gasteiger partial charge is 0.401 e. The molecule has 2 rings (SSSR count). The summed E-state index contributed by atoms with van der Waals surface area (Å²) in [4.78, 5) is 13.3. The number of alkyl halides is 3. The summed E-state index contributed by atoms with van der Waals surface area (Å²) in [7, 11) is 0. The van der Waals surface area contributed by atoms with E-state index in [1.165, 1.54) is 4.90 Å². The van der Waals surface area contributed by atoms with Gasteiger partial charge in [0.05, 0.1) is 13.0 Å². The molecule has 128 valence electrons. The van der Waals surface area contributed by atoms with Gasteiger partial charge in [0.1, 0.15) is 0 Å². The summed E-state index contributed by atoms with van der Waals surface area (Å²) in [6, 6.07) is 7.17. The van der Waals surface area contributed by atoms with Crippen LogP contribution in [-0.4, -0.2) is 43.2 Å². The lowest BCUT2D eigenvalue weighted by Crippen LogP contribution is -2.42. The van der Waals surface area contributed by atoms with E-state index in [2.05, 4.69) is 5.32 Å². The summed E-state index contributed by atoms with van der Waals surface area (Å²) in [5.41, 5.74) is 0.770. The van der Waals surface area contributed by atoms with Crippen molar-refractivity contribution < 1.29 is 18.0 Å². The molecule has 1 aliphatic rings. The number of nitrogens with one attached hydrogen (secondary N) is 1. The summed E-state index contributed by atoms with van der Waals surface area (Å²) in [6.07, 6.45) is -2.59. The van der Waals surface area contributed by atoms with E-state index in [1.54, 1.807) is 18.2 Å². The third-order valence-electron chi connectivity index (χ3n) is 4.01. The fourth-order valence-corrected chi connectivity index (χ4v) is 2.94. The Kier molecular flexibility index (Phi) is 6.30.